The zero-order valence-corrected chi connectivity index (χ0v) is 31.3. The lowest BCUT2D eigenvalue weighted by molar-refractivity contribution is -0.145. The Labute approximate surface area is 301 Å². The van der Waals surface area contributed by atoms with E-state index in [-0.39, 0.29) is 60.9 Å². The van der Waals surface area contributed by atoms with Gasteiger partial charge in [-0.15, -0.1) is 48.6 Å². The van der Waals surface area contributed by atoms with Crippen molar-refractivity contribution in [1.29, 1.82) is 0 Å². The molecule has 1 aromatic heterocycles. The van der Waals surface area contributed by atoms with Gasteiger partial charge in [0, 0.05) is 36.3 Å². The third-order valence-corrected chi connectivity index (χ3v) is 11.9. The maximum absolute atomic E-state index is 14.3. The Morgan fingerprint density at radius 2 is 1.74 bits per heavy atom. The highest BCUT2D eigenvalue weighted by Crippen LogP contribution is 2.44. The molecule has 47 heavy (non-hydrogen) atoms. The number of thiazole rings is 1. The molecular weight excluding hydrogens is 704 g/mol. The number of benzene rings is 2. The van der Waals surface area contributed by atoms with Gasteiger partial charge in [0.2, 0.25) is 0 Å². The monoisotopic (exact) mass is 749 g/mol. The minimum absolute atomic E-state index is 0. The average molecular weight is 751 g/mol. The first-order chi connectivity index (χ1) is 20.9. The van der Waals surface area contributed by atoms with Gasteiger partial charge in [0.05, 0.1) is 9.90 Å². The van der Waals surface area contributed by atoms with Crippen LogP contribution in [0.1, 0.15) is 72.4 Å². The molecule has 5 rings (SSSR count). The van der Waals surface area contributed by atoms with E-state index in [2.05, 4.69) is 9.88 Å². The van der Waals surface area contributed by atoms with E-state index in [4.69, 9.17) is 0 Å². The fourth-order valence-electron chi connectivity index (χ4n) is 7.29. The number of likely N-dealkylation sites (N-methyl/N-ethyl adjacent to an activating group) is 1. The number of aromatic nitrogens is 1. The minimum Gasteiger partial charge on any atom is -0.480 e. The molecule has 0 bridgehead atoms. The summed E-state index contributed by atoms with van der Waals surface area (Å²) in [5.41, 5.74) is 2.06. The van der Waals surface area contributed by atoms with Crippen molar-refractivity contribution in [1.82, 2.24) is 14.8 Å². The largest absolute Gasteiger partial charge is 0.480 e. The molecule has 2 aromatic carbocycles. The summed E-state index contributed by atoms with van der Waals surface area (Å²) in [5.74, 6) is -0.0323. The SMILES string of the molecule is CC(C)[C@H](C(=O)O)N(C)C1C[C@H](CN2CCC(c3cnc(Cc4ccc(S(C)(=O)=O)cc4)s3)CC2)[C@@H](c2cccc(F)c2)C1.Cl.Cl.Cl. The summed E-state index contributed by atoms with van der Waals surface area (Å²) in [6, 6.07) is 13.6. The van der Waals surface area contributed by atoms with Crippen LogP contribution >= 0.6 is 48.6 Å². The van der Waals surface area contributed by atoms with E-state index in [1.165, 1.54) is 17.2 Å². The van der Waals surface area contributed by atoms with Crippen LogP contribution in [0.5, 0.6) is 0 Å². The van der Waals surface area contributed by atoms with Crippen molar-refractivity contribution in [3.63, 3.8) is 0 Å². The topological polar surface area (TPSA) is 90.8 Å². The van der Waals surface area contributed by atoms with E-state index in [0.717, 1.165) is 61.5 Å². The molecule has 1 saturated heterocycles. The second-order valence-corrected chi connectivity index (χ2v) is 16.2. The summed E-state index contributed by atoms with van der Waals surface area (Å²) in [6.45, 7) is 6.82. The van der Waals surface area contributed by atoms with E-state index in [1.54, 1.807) is 35.6 Å². The molecular formula is C34H47Cl3FN3O4S2. The molecule has 2 heterocycles. The molecule has 262 valence electrons. The van der Waals surface area contributed by atoms with Gasteiger partial charge in [0.1, 0.15) is 11.9 Å². The summed E-state index contributed by atoms with van der Waals surface area (Å²) < 4.78 is 37.8. The Hall–Kier alpha value is -1.79. The molecule has 0 radical (unpaired) electrons. The molecule has 1 unspecified atom stereocenters. The maximum Gasteiger partial charge on any atom is 0.321 e. The molecule has 1 aliphatic carbocycles. The minimum atomic E-state index is -3.21. The van der Waals surface area contributed by atoms with Crippen LogP contribution in [-0.2, 0) is 21.1 Å². The van der Waals surface area contributed by atoms with Crippen molar-refractivity contribution in [2.45, 2.75) is 74.8 Å². The number of halogens is 4. The zero-order valence-electron chi connectivity index (χ0n) is 27.2. The van der Waals surface area contributed by atoms with Crippen LogP contribution in [0.2, 0.25) is 0 Å². The van der Waals surface area contributed by atoms with Crippen LogP contribution in [-0.4, -0.2) is 79.3 Å². The highest BCUT2D eigenvalue weighted by molar-refractivity contribution is 7.90. The van der Waals surface area contributed by atoms with Crippen molar-refractivity contribution in [2.24, 2.45) is 11.8 Å². The first-order valence-electron chi connectivity index (χ1n) is 15.5. The normalized spacial score (nSPS) is 21.1. The fraction of sp³-hybridized carbons (Fsp3) is 0.529. The number of aliphatic carboxylic acids is 1. The number of carboxylic acid groups (broad SMARTS) is 1. The number of sulfone groups is 1. The second kappa shape index (κ2) is 17.7. The summed E-state index contributed by atoms with van der Waals surface area (Å²) in [4.78, 5) is 23.0. The molecule has 1 saturated carbocycles. The quantitative estimate of drug-likeness (QED) is 0.220. The van der Waals surface area contributed by atoms with E-state index in [9.17, 15) is 22.7 Å². The molecule has 4 atom stereocenters. The third kappa shape index (κ3) is 10.4. The van der Waals surface area contributed by atoms with E-state index in [1.807, 2.05) is 50.2 Å². The van der Waals surface area contributed by atoms with Gasteiger partial charge in [-0.25, -0.2) is 17.8 Å². The molecule has 13 heteroatoms. The maximum atomic E-state index is 14.3. The van der Waals surface area contributed by atoms with Gasteiger partial charge in [-0.2, -0.15) is 0 Å². The Balaban J connectivity index is 0.00000256. The Bertz CT molecular complexity index is 1550. The van der Waals surface area contributed by atoms with Crippen molar-refractivity contribution in [3.05, 3.63) is 81.6 Å². The molecule has 2 aliphatic rings. The van der Waals surface area contributed by atoms with Crippen LogP contribution in [0.15, 0.2) is 59.6 Å². The first kappa shape index (κ1) is 41.4. The van der Waals surface area contributed by atoms with Crippen molar-refractivity contribution in [2.75, 3.05) is 32.9 Å². The number of likely N-dealkylation sites (tertiary alicyclic amines) is 1. The number of nitrogens with zero attached hydrogens (tertiary/aromatic N) is 3. The number of carboxylic acids is 1. The van der Waals surface area contributed by atoms with Gasteiger partial charge < -0.3 is 10.0 Å². The number of hydrogen-bond donors (Lipinski definition) is 1. The van der Waals surface area contributed by atoms with E-state index < -0.39 is 21.8 Å². The standard InChI is InChI=1S/C34H44FN3O4S2.3ClH/c1-22(2)33(34(39)40)37(3)28-18-26(30(19-28)25-6-5-7-27(35)17-25)21-38-14-12-24(13-15-38)31-20-36-32(43-31)16-23-8-10-29(11-9-23)44(4,41)42;;;/h5-11,17,20,22,24,26,28,30,33H,12-16,18-19,21H2,1-4H3,(H,39,40);3*1H/t26-,28?,30-,33-;;;/m1.../s1. The molecule has 1 aliphatic heterocycles. The van der Waals surface area contributed by atoms with Gasteiger partial charge in [-0.05, 0) is 105 Å². The lowest BCUT2D eigenvalue weighted by Crippen LogP contribution is -2.47. The Morgan fingerprint density at radius 1 is 1.09 bits per heavy atom. The third-order valence-electron chi connectivity index (χ3n) is 9.61. The van der Waals surface area contributed by atoms with Crippen molar-refractivity contribution in [3.8, 4) is 0 Å². The van der Waals surface area contributed by atoms with Gasteiger partial charge >= 0.3 is 5.97 Å². The lowest BCUT2D eigenvalue weighted by atomic mass is 9.87. The smallest absolute Gasteiger partial charge is 0.321 e. The summed E-state index contributed by atoms with van der Waals surface area (Å²) in [6.07, 6.45) is 7.76. The summed E-state index contributed by atoms with van der Waals surface area (Å²) in [7, 11) is -1.27. The van der Waals surface area contributed by atoms with Gasteiger partial charge in [-0.3, -0.25) is 9.69 Å². The Morgan fingerprint density at radius 3 is 2.32 bits per heavy atom. The summed E-state index contributed by atoms with van der Waals surface area (Å²) >= 11 is 1.75. The van der Waals surface area contributed by atoms with Crippen LogP contribution in [0.4, 0.5) is 4.39 Å². The van der Waals surface area contributed by atoms with Crippen LogP contribution in [0.25, 0.3) is 0 Å². The molecule has 2 fully saturated rings. The Kier molecular flexibility index (Phi) is 15.6. The van der Waals surface area contributed by atoms with Crippen molar-refractivity contribution >= 4 is 64.4 Å². The molecule has 1 N–H and O–H groups in total. The number of carbonyl (C=O) groups is 1. The van der Waals surface area contributed by atoms with Crippen LogP contribution in [0.3, 0.4) is 0 Å². The molecule has 3 aromatic rings. The van der Waals surface area contributed by atoms with Gasteiger partial charge in [-0.1, -0.05) is 38.1 Å². The van der Waals surface area contributed by atoms with Crippen LogP contribution < -0.4 is 0 Å². The second-order valence-electron chi connectivity index (χ2n) is 13.1. The van der Waals surface area contributed by atoms with Gasteiger partial charge in [0.15, 0.2) is 9.84 Å². The van der Waals surface area contributed by atoms with Gasteiger partial charge in [0.25, 0.3) is 0 Å². The highest BCUT2D eigenvalue weighted by atomic mass is 35.5. The first-order valence-corrected chi connectivity index (χ1v) is 18.3. The van der Waals surface area contributed by atoms with Crippen molar-refractivity contribution < 1.29 is 22.7 Å². The predicted octanol–water partition coefficient (Wildman–Crippen LogP) is 7.32. The zero-order chi connectivity index (χ0) is 31.6. The lowest BCUT2D eigenvalue weighted by Gasteiger charge is -2.35. The van der Waals surface area contributed by atoms with Crippen LogP contribution in [0, 0.1) is 17.7 Å². The fourth-order valence-corrected chi connectivity index (χ4v) is 9.04. The molecule has 0 spiro atoms. The predicted molar refractivity (Wildman–Crippen MR) is 194 cm³/mol. The highest BCUT2D eigenvalue weighted by Gasteiger charge is 2.41. The average Bonchev–Trinajstić information content (AvgIpc) is 3.60. The number of rotatable bonds is 11. The number of hydrogen-bond acceptors (Lipinski definition) is 7. The van der Waals surface area contributed by atoms with E-state index in [0.29, 0.717) is 23.2 Å². The summed E-state index contributed by atoms with van der Waals surface area (Å²) in [5, 5.41) is 11.0. The van der Waals surface area contributed by atoms with E-state index >= 15 is 0 Å². The number of piperidine rings is 1. The molecule has 7 nitrogen and oxygen atoms in total. The molecule has 0 amide bonds.